The minimum absolute atomic E-state index is 0.00571. The van der Waals surface area contributed by atoms with E-state index < -0.39 is 11.7 Å². The number of anilines is 1. The van der Waals surface area contributed by atoms with Gasteiger partial charge in [0.25, 0.3) is 0 Å². The molecule has 0 fully saturated rings. The van der Waals surface area contributed by atoms with Crippen LogP contribution in [0.25, 0.3) is 0 Å². The Kier molecular flexibility index (Phi) is 6.79. The van der Waals surface area contributed by atoms with E-state index in [0.717, 1.165) is 28.6 Å². The van der Waals surface area contributed by atoms with Gasteiger partial charge in [-0.25, -0.2) is 9.59 Å². The molecule has 0 unspecified atom stereocenters. The zero-order valence-corrected chi connectivity index (χ0v) is 16.8. The molecule has 2 aromatic rings. The number of esters is 1. The van der Waals surface area contributed by atoms with Gasteiger partial charge in [0, 0.05) is 11.4 Å². The maximum absolute atomic E-state index is 12.5. The molecule has 2 N–H and O–H groups in total. The SMILES string of the molecule is COC(=O)c1c(SCC(=O)Nc2c(C)cccc2C(C)C)nc(=O)[nH]c1C. The first-order chi connectivity index (χ1) is 12.7. The molecule has 0 aliphatic carbocycles. The topological polar surface area (TPSA) is 101 Å². The molecule has 0 radical (unpaired) electrons. The van der Waals surface area contributed by atoms with E-state index >= 15 is 0 Å². The van der Waals surface area contributed by atoms with Crippen LogP contribution in [-0.2, 0) is 9.53 Å². The predicted octanol–water partition coefficient (Wildman–Crippen LogP) is 3.03. The van der Waals surface area contributed by atoms with E-state index in [1.165, 1.54) is 7.11 Å². The molecule has 2 rings (SSSR count). The number of carbonyl (C=O) groups is 2. The fourth-order valence-corrected chi connectivity index (χ4v) is 3.53. The van der Waals surface area contributed by atoms with E-state index in [4.69, 9.17) is 4.74 Å². The molecule has 0 aliphatic heterocycles. The number of rotatable bonds is 6. The number of nitrogens with zero attached hydrogens (tertiary/aromatic N) is 1. The van der Waals surface area contributed by atoms with Crippen molar-refractivity contribution in [3.8, 4) is 0 Å². The second-order valence-electron chi connectivity index (χ2n) is 6.37. The van der Waals surface area contributed by atoms with Crippen LogP contribution >= 0.6 is 11.8 Å². The summed E-state index contributed by atoms with van der Waals surface area (Å²) >= 11 is 1.02. The molecule has 1 aromatic heterocycles. The lowest BCUT2D eigenvalue weighted by Crippen LogP contribution is -2.21. The number of hydrogen-bond donors (Lipinski definition) is 2. The molecular weight excluding hydrogens is 366 g/mol. The lowest BCUT2D eigenvalue weighted by atomic mass is 9.98. The highest BCUT2D eigenvalue weighted by atomic mass is 32.2. The molecule has 27 heavy (non-hydrogen) atoms. The summed E-state index contributed by atoms with van der Waals surface area (Å²) in [4.78, 5) is 42.4. The molecule has 0 saturated carbocycles. The number of carbonyl (C=O) groups excluding carboxylic acids is 2. The first kappa shape index (κ1) is 20.7. The molecule has 8 heteroatoms. The van der Waals surface area contributed by atoms with E-state index in [2.05, 4.69) is 29.1 Å². The molecule has 0 atom stereocenters. The maximum Gasteiger partial charge on any atom is 0.346 e. The number of para-hydroxylation sites is 1. The molecule has 7 nitrogen and oxygen atoms in total. The van der Waals surface area contributed by atoms with Crippen LogP contribution in [0.5, 0.6) is 0 Å². The predicted molar refractivity (Wildman–Crippen MR) is 106 cm³/mol. The highest BCUT2D eigenvalue weighted by Crippen LogP contribution is 2.28. The molecule has 0 saturated heterocycles. The number of hydrogen-bond acceptors (Lipinski definition) is 6. The largest absolute Gasteiger partial charge is 0.465 e. The molecule has 0 bridgehead atoms. The Morgan fingerprint density at radius 2 is 2.00 bits per heavy atom. The third kappa shape index (κ3) is 4.97. The quantitative estimate of drug-likeness (QED) is 0.447. The molecular formula is C19H23N3O4S. The number of aromatic nitrogens is 2. The summed E-state index contributed by atoms with van der Waals surface area (Å²) < 4.78 is 4.74. The highest BCUT2D eigenvalue weighted by Gasteiger charge is 2.20. The Morgan fingerprint density at radius 1 is 1.30 bits per heavy atom. The van der Waals surface area contributed by atoms with Crippen molar-refractivity contribution in [2.45, 2.75) is 38.6 Å². The van der Waals surface area contributed by atoms with Gasteiger partial charge in [0.2, 0.25) is 5.91 Å². The van der Waals surface area contributed by atoms with Crippen LogP contribution in [0, 0.1) is 13.8 Å². The van der Waals surface area contributed by atoms with E-state index in [1.54, 1.807) is 6.92 Å². The summed E-state index contributed by atoms with van der Waals surface area (Å²) in [5.74, 6) is -0.589. The van der Waals surface area contributed by atoms with Crippen LogP contribution in [-0.4, -0.2) is 34.7 Å². The van der Waals surface area contributed by atoms with Crippen LogP contribution in [0.4, 0.5) is 5.69 Å². The van der Waals surface area contributed by atoms with Crippen molar-refractivity contribution in [3.05, 3.63) is 51.1 Å². The van der Waals surface area contributed by atoms with Crippen molar-refractivity contribution in [1.29, 1.82) is 0 Å². The van der Waals surface area contributed by atoms with Crippen molar-refractivity contribution in [2.24, 2.45) is 0 Å². The number of methoxy groups -OCH3 is 1. The van der Waals surface area contributed by atoms with Crippen molar-refractivity contribution in [1.82, 2.24) is 9.97 Å². The van der Waals surface area contributed by atoms with E-state index in [0.29, 0.717) is 5.69 Å². The zero-order valence-electron chi connectivity index (χ0n) is 16.0. The molecule has 1 heterocycles. The minimum Gasteiger partial charge on any atom is -0.465 e. The Morgan fingerprint density at radius 3 is 2.63 bits per heavy atom. The second-order valence-corrected chi connectivity index (χ2v) is 7.33. The van der Waals surface area contributed by atoms with Crippen LogP contribution in [0.3, 0.4) is 0 Å². The third-order valence-electron chi connectivity index (χ3n) is 4.01. The molecule has 0 spiro atoms. The van der Waals surface area contributed by atoms with Gasteiger partial charge in [-0.2, -0.15) is 4.98 Å². The number of nitrogens with one attached hydrogen (secondary N) is 2. The standard InChI is InChI=1S/C19H23N3O4S/c1-10(2)13-8-6-7-11(3)16(13)21-14(23)9-27-17-15(18(24)26-5)12(4)20-19(25)22-17/h6-8,10H,9H2,1-5H3,(H,21,23)(H,20,22,25). The monoisotopic (exact) mass is 389 g/mol. The smallest absolute Gasteiger partial charge is 0.346 e. The Balaban J connectivity index is 2.20. The number of H-pyrrole nitrogens is 1. The minimum atomic E-state index is -0.611. The summed E-state index contributed by atoms with van der Waals surface area (Å²) in [6.45, 7) is 7.64. The normalized spacial score (nSPS) is 10.7. The van der Waals surface area contributed by atoms with Crippen LogP contribution < -0.4 is 11.0 Å². The van der Waals surface area contributed by atoms with Gasteiger partial charge in [-0.15, -0.1) is 0 Å². The first-order valence-corrected chi connectivity index (χ1v) is 9.44. The molecule has 1 aromatic carbocycles. The van der Waals surface area contributed by atoms with Crippen molar-refractivity contribution < 1.29 is 14.3 Å². The number of aromatic amines is 1. The summed E-state index contributed by atoms with van der Waals surface area (Å²) in [6, 6.07) is 5.88. The fraction of sp³-hybridized carbons (Fsp3) is 0.368. The van der Waals surface area contributed by atoms with Crippen molar-refractivity contribution in [3.63, 3.8) is 0 Å². The highest BCUT2D eigenvalue weighted by molar-refractivity contribution is 8.00. The number of thioether (sulfide) groups is 1. The number of amides is 1. The van der Waals surface area contributed by atoms with Gasteiger partial charge >= 0.3 is 11.7 Å². The lowest BCUT2D eigenvalue weighted by molar-refractivity contribution is -0.113. The van der Waals surface area contributed by atoms with Gasteiger partial charge in [0.05, 0.1) is 12.9 Å². The van der Waals surface area contributed by atoms with Crippen LogP contribution in [0.1, 0.15) is 46.9 Å². The van der Waals surface area contributed by atoms with Gasteiger partial charge in [0.15, 0.2) is 0 Å². The molecule has 144 valence electrons. The summed E-state index contributed by atoms with van der Waals surface area (Å²) in [6.07, 6.45) is 0. The maximum atomic E-state index is 12.5. The zero-order chi connectivity index (χ0) is 20.1. The van der Waals surface area contributed by atoms with Gasteiger partial charge in [0.1, 0.15) is 10.6 Å². The van der Waals surface area contributed by atoms with Crippen LogP contribution in [0.15, 0.2) is 28.0 Å². The lowest BCUT2D eigenvalue weighted by Gasteiger charge is -2.16. The van der Waals surface area contributed by atoms with Crippen molar-refractivity contribution >= 4 is 29.3 Å². The van der Waals surface area contributed by atoms with Crippen molar-refractivity contribution in [2.75, 3.05) is 18.2 Å². The number of ether oxygens (including phenoxy) is 1. The Labute approximate surface area is 161 Å². The summed E-state index contributed by atoms with van der Waals surface area (Å²) in [5.41, 5.74) is 2.75. The second kappa shape index (κ2) is 8.85. The van der Waals surface area contributed by atoms with Gasteiger partial charge < -0.3 is 15.0 Å². The first-order valence-electron chi connectivity index (χ1n) is 8.46. The fourth-order valence-electron chi connectivity index (χ4n) is 2.66. The third-order valence-corrected chi connectivity index (χ3v) is 4.98. The Hall–Kier alpha value is -2.61. The number of benzene rings is 1. The van der Waals surface area contributed by atoms with E-state index in [9.17, 15) is 14.4 Å². The van der Waals surface area contributed by atoms with Crippen LogP contribution in [0.2, 0.25) is 0 Å². The number of aryl methyl sites for hydroxylation is 2. The van der Waals surface area contributed by atoms with E-state index in [-0.39, 0.29) is 28.2 Å². The molecule has 0 aliphatic rings. The summed E-state index contributed by atoms with van der Waals surface area (Å²) in [7, 11) is 1.25. The van der Waals surface area contributed by atoms with Gasteiger partial charge in [-0.05, 0) is 30.9 Å². The van der Waals surface area contributed by atoms with Gasteiger partial charge in [-0.3, -0.25) is 4.79 Å². The Bertz CT molecular complexity index is 922. The molecule has 1 amide bonds. The van der Waals surface area contributed by atoms with Gasteiger partial charge in [-0.1, -0.05) is 43.8 Å². The average molecular weight is 389 g/mol. The van der Waals surface area contributed by atoms with E-state index in [1.807, 2.05) is 25.1 Å². The average Bonchev–Trinajstić information content (AvgIpc) is 2.60. The summed E-state index contributed by atoms with van der Waals surface area (Å²) in [5, 5.41) is 3.11.